The number of H-pyrrole nitrogens is 1. The Morgan fingerprint density at radius 2 is 2.24 bits per heavy atom. The van der Waals surface area contributed by atoms with Crippen molar-refractivity contribution < 1.29 is 9.53 Å². The lowest BCUT2D eigenvalue weighted by Crippen LogP contribution is -2.21. The molecule has 88 valence electrons. The number of nitrogens with one attached hydrogen (secondary N) is 1. The van der Waals surface area contributed by atoms with Crippen LogP contribution in [0.5, 0.6) is 0 Å². The second kappa shape index (κ2) is 3.32. The van der Waals surface area contributed by atoms with E-state index in [-0.39, 0.29) is 5.97 Å². The molecule has 1 N–H and O–H groups in total. The van der Waals surface area contributed by atoms with Crippen molar-refractivity contribution in [2.75, 3.05) is 7.11 Å². The Bertz CT molecular complexity index is 596. The number of nitrogens with zero attached hydrogens (tertiary/aromatic N) is 1. The molecule has 0 spiro atoms. The van der Waals surface area contributed by atoms with E-state index >= 15 is 0 Å². The zero-order valence-corrected chi connectivity index (χ0v) is 9.91. The fraction of sp³-hybridized carbons (Fsp3) is 0.385. The molecule has 4 nitrogen and oxygen atoms in total. The summed E-state index contributed by atoms with van der Waals surface area (Å²) in [5.74, 6) is 0.758. The van der Waals surface area contributed by atoms with Crippen LogP contribution in [0.25, 0.3) is 11.0 Å². The van der Waals surface area contributed by atoms with E-state index in [1.54, 1.807) is 0 Å². The average Bonchev–Trinajstić information content (AvgIpc) is 3.04. The van der Waals surface area contributed by atoms with E-state index in [0.29, 0.717) is 0 Å². The molecule has 0 atom stereocenters. The number of hydrogen-bond acceptors (Lipinski definition) is 3. The average molecular weight is 230 g/mol. The molecule has 1 aliphatic rings. The van der Waals surface area contributed by atoms with Crippen LogP contribution >= 0.6 is 0 Å². The van der Waals surface area contributed by atoms with Crippen molar-refractivity contribution in [3.05, 3.63) is 29.6 Å². The highest BCUT2D eigenvalue weighted by Gasteiger charge is 2.52. The van der Waals surface area contributed by atoms with Crippen LogP contribution in [0.3, 0.4) is 0 Å². The van der Waals surface area contributed by atoms with Crippen molar-refractivity contribution >= 4 is 17.0 Å². The number of methoxy groups -OCH3 is 1. The van der Waals surface area contributed by atoms with Gasteiger partial charge in [-0.25, -0.2) is 4.98 Å². The molecule has 3 rings (SSSR count). The molecule has 0 aliphatic heterocycles. The smallest absolute Gasteiger partial charge is 0.316 e. The fourth-order valence-electron chi connectivity index (χ4n) is 2.37. The van der Waals surface area contributed by atoms with E-state index in [2.05, 4.69) is 9.97 Å². The molecule has 0 amide bonds. The molecule has 4 heteroatoms. The van der Waals surface area contributed by atoms with Gasteiger partial charge >= 0.3 is 5.97 Å². The number of fused-ring (bicyclic) bond motifs is 1. The van der Waals surface area contributed by atoms with Crippen LogP contribution in [0, 0.1) is 6.92 Å². The number of aromatic nitrogens is 2. The van der Waals surface area contributed by atoms with E-state index < -0.39 is 5.41 Å². The van der Waals surface area contributed by atoms with Crippen LogP contribution < -0.4 is 0 Å². The normalized spacial score (nSPS) is 17.1. The summed E-state index contributed by atoms with van der Waals surface area (Å²) >= 11 is 0. The maximum atomic E-state index is 11.8. The number of imidazole rings is 1. The summed E-state index contributed by atoms with van der Waals surface area (Å²) < 4.78 is 4.88. The fourth-order valence-corrected chi connectivity index (χ4v) is 2.37. The van der Waals surface area contributed by atoms with Gasteiger partial charge in [0.15, 0.2) is 0 Å². The molecule has 17 heavy (non-hydrogen) atoms. The topological polar surface area (TPSA) is 55.0 Å². The summed E-state index contributed by atoms with van der Waals surface area (Å²) in [6, 6.07) is 5.95. The lowest BCUT2D eigenvalue weighted by molar-refractivity contribution is -0.143. The van der Waals surface area contributed by atoms with Gasteiger partial charge in [-0.3, -0.25) is 4.79 Å². The minimum atomic E-state index is -0.401. The molecule has 0 radical (unpaired) electrons. The lowest BCUT2D eigenvalue weighted by Gasteiger charge is -2.12. The summed E-state index contributed by atoms with van der Waals surface area (Å²) in [5, 5.41) is 0. The first-order valence-corrected chi connectivity index (χ1v) is 5.71. The summed E-state index contributed by atoms with van der Waals surface area (Å²) in [6.07, 6.45) is 1.75. The zero-order chi connectivity index (χ0) is 12.0. The summed E-state index contributed by atoms with van der Waals surface area (Å²) in [5.41, 5.74) is 2.55. The maximum absolute atomic E-state index is 11.8. The molecule has 2 aromatic rings. The Morgan fingerprint density at radius 3 is 2.88 bits per heavy atom. The number of aryl methyl sites for hydroxylation is 1. The van der Waals surface area contributed by atoms with Crippen molar-refractivity contribution in [1.29, 1.82) is 0 Å². The molecule has 0 saturated heterocycles. The largest absolute Gasteiger partial charge is 0.468 e. The van der Waals surface area contributed by atoms with E-state index in [4.69, 9.17) is 4.74 Å². The molecule has 0 bridgehead atoms. The highest BCUT2D eigenvalue weighted by molar-refractivity contribution is 5.88. The first-order valence-electron chi connectivity index (χ1n) is 5.71. The van der Waals surface area contributed by atoms with Crippen LogP contribution in [-0.2, 0) is 14.9 Å². The van der Waals surface area contributed by atoms with Gasteiger partial charge in [-0.2, -0.15) is 0 Å². The Hall–Kier alpha value is -1.84. The predicted molar refractivity (Wildman–Crippen MR) is 63.8 cm³/mol. The van der Waals surface area contributed by atoms with E-state index in [0.717, 1.165) is 35.3 Å². The Labute approximate surface area is 99.0 Å². The molecule has 1 aliphatic carbocycles. The second-order valence-electron chi connectivity index (χ2n) is 4.63. The van der Waals surface area contributed by atoms with Crippen molar-refractivity contribution in [3.8, 4) is 0 Å². The third kappa shape index (κ3) is 1.44. The molecule has 1 saturated carbocycles. The number of benzene rings is 1. The standard InChI is InChI=1S/C13H14N2O2/c1-8-14-10-4-3-9(7-11(10)15-8)13(5-6-13)12(16)17-2/h3-4,7H,5-6H2,1-2H3,(H,14,15). The third-order valence-electron chi connectivity index (χ3n) is 3.48. The number of esters is 1. The summed E-state index contributed by atoms with van der Waals surface area (Å²) in [6.45, 7) is 1.92. The summed E-state index contributed by atoms with van der Waals surface area (Å²) in [4.78, 5) is 19.3. The van der Waals surface area contributed by atoms with Gasteiger partial charge in [0.1, 0.15) is 5.82 Å². The zero-order valence-electron chi connectivity index (χ0n) is 9.91. The summed E-state index contributed by atoms with van der Waals surface area (Å²) in [7, 11) is 1.45. The first-order chi connectivity index (χ1) is 8.15. The highest BCUT2D eigenvalue weighted by Crippen LogP contribution is 2.49. The van der Waals surface area contributed by atoms with Crippen molar-refractivity contribution in [2.24, 2.45) is 0 Å². The van der Waals surface area contributed by atoms with E-state index in [9.17, 15) is 4.79 Å². The van der Waals surface area contributed by atoms with Crippen LogP contribution in [-0.4, -0.2) is 23.0 Å². The number of carbonyl (C=O) groups excluding carboxylic acids is 1. The van der Waals surface area contributed by atoms with Crippen molar-refractivity contribution in [1.82, 2.24) is 9.97 Å². The Kier molecular flexibility index (Phi) is 2.02. The third-order valence-corrected chi connectivity index (χ3v) is 3.48. The van der Waals surface area contributed by atoms with Crippen LogP contribution in [0.1, 0.15) is 24.2 Å². The predicted octanol–water partition coefficient (Wildman–Crippen LogP) is 2.08. The molecular weight excluding hydrogens is 216 g/mol. The maximum Gasteiger partial charge on any atom is 0.316 e. The molecule has 1 aromatic heterocycles. The minimum Gasteiger partial charge on any atom is -0.468 e. The number of rotatable bonds is 2. The Balaban J connectivity index is 2.09. The van der Waals surface area contributed by atoms with Crippen molar-refractivity contribution in [2.45, 2.75) is 25.2 Å². The second-order valence-corrected chi connectivity index (χ2v) is 4.63. The van der Waals surface area contributed by atoms with Gasteiger partial charge < -0.3 is 9.72 Å². The van der Waals surface area contributed by atoms with Crippen LogP contribution in [0.2, 0.25) is 0 Å². The number of hydrogen-bond donors (Lipinski definition) is 1. The highest BCUT2D eigenvalue weighted by atomic mass is 16.5. The van der Waals surface area contributed by atoms with Gasteiger partial charge in [-0.1, -0.05) is 6.07 Å². The first kappa shape index (κ1) is 10.3. The van der Waals surface area contributed by atoms with Gasteiger partial charge in [0.2, 0.25) is 0 Å². The molecule has 0 unspecified atom stereocenters. The SMILES string of the molecule is COC(=O)C1(c2ccc3nc(C)[nH]c3c2)CC1. The minimum absolute atomic E-state index is 0.131. The van der Waals surface area contributed by atoms with Gasteiger partial charge in [-0.15, -0.1) is 0 Å². The number of ether oxygens (including phenoxy) is 1. The van der Waals surface area contributed by atoms with Gasteiger partial charge in [0.25, 0.3) is 0 Å². The van der Waals surface area contributed by atoms with Crippen molar-refractivity contribution in [3.63, 3.8) is 0 Å². The van der Waals surface area contributed by atoms with E-state index in [1.165, 1.54) is 7.11 Å². The molecule has 1 heterocycles. The molecule has 1 fully saturated rings. The molecule has 1 aromatic carbocycles. The lowest BCUT2D eigenvalue weighted by atomic mass is 9.96. The van der Waals surface area contributed by atoms with Crippen LogP contribution in [0.4, 0.5) is 0 Å². The van der Waals surface area contributed by atoms with Gasteiger partial charge in [0, 0.05) is 0 Å². The number of aromatic amines is 1. The van der Waals surface area contributed by atoms with Crippen LogP contribution in [0.15, 0.2) is 18.2 Å². The molecular formula is C13H14N2O2. The van der Waals surface area contributed by atoms with E-state index in [1.807, 2.05) is 25.1 Å². The van der Waals surface area contributed by atoms with Gasteiger partial charge in [0.05, 0.1) is 23.6 Å². The van der Waals surface area contributed by atoms with Gasteiger partial charge in [-0.05, 0) is 37.5 Å². The number of carbonyl (C=O) groups is 1. The monoisotopic (exact) mass is 230 g/mol. The quantitative estimate of drug-likeness (QED) is 0.803. The Morgan fingerprint density at radius 1 is 1.47 bits per heavy atom.